The summed E-state index contributed by atoms with van der Waals surface area (Å²) in [5.74, 6) is 1.98. The molecule has 1 aromatic rings. The molecule has 0 aromatic carbocycles. The van der Waals surface area contributed by atoms with Crippen LogP contribution in [0.15, 0.2) is 6.20 Å². The molecule has 6 nitrogen and oxygen atoms in total. The van der Waals surface area contributed by atoms with Gasteiger partial charge in [-0.05, 0) is 4.92 Å². The van der Waals surface area contributed by atoms with Gasteiger partial charge in [-0.1, -0.05) is 5.92 Å². The van der Waals surface area contributed by atoms with E-state index in [1.807, 2.05) is 0 Å². The fourth-order valence-corrected chi connectivity index (χ4v) is 0.543. The second-order valence-electron chi connectivity index (χ2n) is 1.74. The first-order chi connectivity index (χ1) is 5.24. The molecule has 0 radical (unpaired) electrons. The van der Waals surface area contributed by atoms with Crippen molar-refractivity contribution in [2.45, 2.75) is 6.54 Å². The monoisotopic (exact) mass is 152 g/mol. The first-order valence-electron chi connectivity index (χ1n) is 2.72. The van der Waals surface area contributed by atoms with Crippen LogP contribution in [0.5, 0.6) is 0 Å². The summed E-state index contributed by atoms with van der Waals surface area (Å²) in [4.78, 5) is 9.43. The van der Waals surface area contributed by atoms with Crippen LogP contribution in [0.1, 0.15) is 0 Å². The second kappa shape index (κ2) is 2.79. The Hall–Kier alpha value is -1.90. The Balaban J connectivity index is 2.83. The summed E-state index contributed by atoms with van der Waals surface area (Å²) in [6.45, 7) is 0.195. The Morgan fingerprint density at radius 2 is 2.64 bits per heavy atom. The summed E-state index contributed by atoms with van der Waals surface area (Å²) in [5, 5.41) is 16.7. The van der Waals surface area contributed by atoms with Crippen molar-refractivity contribution in [2.24, 2.45) is 0 Å². The Morgan fingerprint density at radius 3 is 3.09 bits per heavy atom. The highest BCUT2D eigenvalue weighted by Gasteiger charge is 2.10. The van der Waals surface area contributed by atoms with Gasteiger partial charge in [0.15, 0.2) is 0 Å². The highest BCUT2D eigenvalue weighted by Crippen LogP contribution is 2.01. The molecule has 0 spiro atoms. The summed E-state index contributed by atoms with van der Waals surface area (Å²) in [6.07, 6.45) is 6.12. The predicted octanol–water partition coefficient (Wildman–Crippen LogP) is -0.181. The summed E-state index contributed by atoms with van der Waals surface area (Å²) in [6, 6.07) is 0. The number of terminal acetylenes is 1. The van der Waals surface area contributed by atoms with Gasteiger partial charge in [-0.25, -0.2) is 4.68 Å². The van der Waals surface area contributed by atoms with Crippen molar-refractivity contribution in [3.05, 3.63) is 16.3 Å². The van der Waals surface area contributed by atoms with Gasteiger partial charge in [-0.3, -0.25) is 0 Å². The van der Waals surface area contributed by atoms with Crippen LogP contribution < -0.4 is 0 Å². The fraction of sp³-hybridized carbons (Fsp3) is 0.200. The van der Waals surface area contributed by atoms with E-state index in [2.05, 4.69) is 16.2 Å². The third-order valence-electron chi connectivity index (χ3n) is 0.967. The van der Waals surface area contributed by atoms with Crippen LogP contribution in [0, 0.1) is 22.5 Å². The molecule has 0 saturated heterocycles. The van der Waals surface area contributed by atoms with Crippen LogP contribution >= 0.6 is 0 Å². The van der Waals surface area contributed by atoms with Gasteiger partial charge in [0.1, 0.15) is 17.8 Å². The molecule has 0 saturated carbocycles. The highest BCUT2D eigenvalue weighted by atomic mass is 16.6. The SMILES string of the molecule is C#CCn1cc([N+](=O)[O-])nn1. The topological polar surface area (TPSA) is 73.8 Å². The van der Waals surface area contributed by atoms with Gasteiger partial charge in [0.05, 0.1) is 5.21 Å². The van der Waals surface area contributed by atoms with Crippen LogP contribution in [-0.2, 0) is 6.54 Å². The lowest BCUT2D eigenvalue weighted by Gasteiger charge is -1.84. The zero-order chi connectivity index (χ0) is 8.27. The lowest BCUT2D eigenvalue weighted by molar-refractivity contribution is -0.389. The first kappa shape index (κ1) is 7.21. The van der Waals surface area contributed by atoms with Crippen LogP contribution in [0.2, 0.25) is 0 Å². The molecule has 0 unspecified atom stereocenters. The molecule has 0 amide bonds. The van der Waals surface area contributed by atoms with E-state index in [1.165, 1.54) is 10.9 Å². The number of hydrogen-bond acceptors (Lipinski definition) is 4. The van der Waals surface area contributed by atoms with Crippen molar-refractivity contribution in [3.63, 3.8) is 0 Å². The molecule has 0 bridgehead atoms. The van der Waals surface area contributed by atoms with Crippen LogP contribution in [0.25, 0.3) is 0 Å². The Morgan fingerprint density at radius 1 is 1.91 bits per heavy atom. The summed E-state index contributed by atoms with van der Waals surface area (Å²) < 4.78 is 1.22. The van der Waals surface area contributed by atoms with Crippen LogP contribution in [-0.4, -0.2) is 19.9 Å². The van der Waals surface area contributed by atoms with Crippen molar-refractivity contribution >= 4 is 5.82 Å². The van der Waals surface area contributed by atoms with Crippen molar-refractivity contribution in [2.75, 3.05) is 0 Å². The zero-order valence-electron chi connectivity index (χ0n) is 5.47. The maximum atomic E-state index is 10.1. The molecule has 1 aromatic heterocycles. The van der Waals surface area contributed by atoms with E-state index in [4.69, 9.17) is 6.42 Å². The van der Waals surface area contributed by atoms with Gasteiger partial charge in [0.2, 0.25) is 0 Å². The second-order valence-corrected chi connectivity index (χ2v) is 1.74. The van der Waals surface area contributed by atoms with E-state index in [1.54, 1.807) is 0 Å². The lowest BCUT2D eigenvalue weighted by Crippen LogP contribution is -1.95. The number of aromatic nitrogens is 3. The molecule has 1 heterocycles. The van der Waals surface area contributed by atoms with Gasteiger partial charge in [0, 0.05) is 0 Å². The molecule has 0 N–H and O–H groups in total. The quantitative estimate of drug-likeness (QED) is 0.334. The van der Waals surface area contributed by atoms with Crippen molar-refractivity contribution < 1.29 is 4.92 Å². The molecule has 6 heteroatoms. The summed E-state index contributed by atoms with van der Waals surface area (Å²) >= 11 is 0. The average molecular weight is 152 g/mol. The lowest BCUT2D eigenvalue weighted by atomic mass is 10.6. The maximum Gasteiger partial charge on any atom is 0.410 e. The molecule has 0 aliphatic heterocycles. The Kier molecular flexibility index (Phi) is 1.83. The van der Waals surface area contributed by atoms with E-state index in [0.29, 0.717) is 0 Å². The van der Waals surface area contributed by atoms with Gasteiger partial charge in [-0.15, -0.1) is 6.42 Å². The molecule has 0 aliphatic carbocycles. The van der Waals surface area contributed by atoms with E-state index in [0.717, 1.165) is 0 Å². The predicted molar refractivity (Wildman–Crippen MR) is 35.5 cm³/mol. The Labute approximate surface area is 62.0 Å². The summed E-state index contributed by atoms with van der Waals surface area (Å²) in [7, 11) is 0. The van der Waals surface area contributed by atoms with Crippen LogP contribution in [0.4, 0.5) is 5.82 Å². The minimum Gasteiger partial charge on any atom is -0.358 e. The number of nitrogens with zero attached hydrogens (tertiary/aromatic N) is 4. The fourth-order valence-electron chi connectivity index (χ4n) is 0.543. The van der Waals surface area contributed by atoms with E-state index < -0.39 is 4.92 Å². The standard InChI is InChI=1S/C5H4N4O2/c1-2-3-8-4-5(6-7-8)9(10)11/h1,4H,3H2. The third kappa shape index (κ3) is 1.52. The highest BCUT2D eigenvalue weighted by molar-refractivity contribution is 5.09. The van der Waals surface area contributed by atoms with Crippen LogP contribution in [0.3, 0.4) is 0 Å². The normalized spacial score (nSPS) is 9.00. The average Bonchev–Trinajstić information content (AvgIpc) is 2.37. The van der Waals surface area contributed by atoms with E-state index >= 15 is 0 Å². The van der Waals surface area contributed by atoms with Gasteiger partial charge < -0.3 is 10.1 Å². The molecular weight excluding hydrogens is 148 g/mol. The minimum atomic E-state index is -0.625. The number of rotatable bonds is 2. The minimum absolute atomic E-state index is 0.195. The molecule has 1 rings (SSSR count). The summed E-state index contributed by atoms with van der Waals surface area (Å²) in [5.41, 5.74) is 0. The largest absolute Gasteiger partial charge is 0.410 e. The molecule has 11 heavy (non-hydrogen) atoms. The molecule has 0 atom stereocenters. The number of hydrogen-bond donors (Lipinski definition) is 0. The van der Waals surface area contributed by atoms with E-state index in [-0.39, 0.29) is 12.4 Å². The van der Waals surface area contributed by atoms with Crippen molar-refractivity contribution in [1.29, 1.82) is 0 Å². The zero-order valence-corrected chi connectivity index (χ0v) is 5.47. The van der Waals surface area contributed by atoms with Gasteiger partial charge in [0.25, 0.3) is 0 Å². The van der Waals surface area contributed by atoms with Crippen molar-refractivity contribution in [3.8, 4) is 12.3 Å². The molecular formula is C5H4N4O2. The molecule has 0 fully saturated rings. The van der Waals surface area contributed by atoms with Gasteiger partial charge in [-0.2, -0.15) is 0 Å². The van der Waals surface area contributed by atoms with E-state index in [9.17, 15) is 10.1 Å². The third-order valence-corrected chi connectivity index (χ3v) is 0.967. The van der Waals surface area contributed by atoms with Gasteiger partial charge >= 0.3 is 5.82 Å². The maximum absolute atomic E-state index is 10.1. The Bertz CT molecular complexity index is 311. The molecule has 0 aliphatic rings. The van der Waals surface area contributed by atoms with Crippen molar-refractivity contribution in [1.82, 2.24) is 15.0 Å². The molecule has 56 valence electrons. The smallest absolute Gasteiger partial charge is 0.358 e. The number of nitro groups is 1. The first-order valence-corrected chi connectivity index (χ1v) is 2.72.